The molecule has 6 atom stereocenters. The highest BCUT2D eigenvalue weighted by atomic mass is 31.2. The number of aliphatic imine (C=N–C) groups is 2. The summed E-state index contributed by atoms with van der Waals surface area (Å²) in [5.74, 6) is -0.363. The van der Waals surface area contributed by atoms with Crippen LogP contribution in [0.25, 0.3) is 0 Å². The van der Waals surface area contributed by atoms with Gasteiger partial charge in [0.05, 0.1) is 19.3 Å². The first-order valence-electron chi connectivity index (χ1n) is 6.62. The van der Waals surface area contributed by atoms with E-state index in [2.05, 4.69) is 19.8 Å². The van der Waals surface area contributed by atoms with Crippen molar-refractivity contribution < 1.29 is 38.6 Å². The molecule has 0 radical (unpaired) electrons. The zero-order chi connectivity index (χ0) is 16.8. The first kappa shape index (κ1) is 16.5. The highest BCUT2D eigenvalue weighted by Gasteiger charge is 2.50. The molecular weight excluding hydrogens is 335 g/mol. The van der Waals surface area contributed by atoms with Crippen molar-refractivity contribution in [2.75, 3.05) is 6.61 Å². The van der Waals surface area contributed by atoms with Gasteiger partial charge >= 0.3 is 7.82 Å². The van der Waals surface area contributed by atoms with Gasteiger partial charge in [0.1, 0.15) is 18.3 Å². The summed E-state index contributed by atoms with van der Waals surface area (Å²) in [4.78, 5) is 38.4. The number of carbonyl (C=O) groups is 1. The number of amides is 1. The number of phosphoric ester groups is 1. The number of carbonyl (C=O) groups excluding carboxylic acids is 1. The fraction of sp³-hybridized carbons (Fsp3) is 0.700. The van der Waals surface area contributed by atoms with Gasteiger partial charge in [-0.1, -0.05) is 0 Å². The van der Waals surface area contributed by atoms with Gasteiger partial charge in [-0.25, -0.2) is 9.56 Å². The van der Waals surface area contributed by atoms with Crippen molar-refractivity contribution in [2.24, 2.45) is 9.98 Å². The van der Waals surface area contributed by atoms with Gasteiger partial charge in [-0.15, -0.1) is 0 Å². The quantitative estimate of drug-likeness (QED) is 0.326. The molecule has 3 heterocycles. The minimum absolute atomic E-state index is 0.363. The Kier molecular flexibility index (Phi) is 4.23. The molecule has 0 aliphatic carbocycles. The van der Waals surface area contributed by atoms with E-state index < -0.39 is 51.2 Å². The predicted octanol–water partition coefficient (Wildman–Crippen LogP) is -3.26. The predicted molar refractivity (Wildman–Crippen MR) is 73.2 cm³/mol. The second kappa shape index (κ2) is 5.91. The topological polar surface area (TPSA) is 174 Å². The van der Waals surface area contributed by atoms with Crippen LogP contribution in [-0.2, 0) is 18.6 Å². The molecule has 1 saturated heterocycles. The molecule has 3 rings (SSSR count). The summed E-state index contributed by atoms with van der Waals surface area (Å²) in [7, 11) is -4.73. The summed E-state index contributed by atoms with van der Waals surface area (Å²) in [6.45, 7) is -0.609. The molecule has 0 aromatic carbocycles. The Morgan fingerprint density at radius 1 is 1.35 bits per heavy atom. The van der Waals surface area contributed by atoms with Crippen LogP contribution in [0.1, 0.15) is 0 Å². The minimum Gasteiger partial charge on any atom is -0.387 e. The van der Waals surface area contributed by atoms with E-state index >= 15 is 0 Å². The first-order valence-corrected chi connectivity index (χ1v) is 8.15. The van der Waals surface area contributed by atoms with E-state index in [1.54, 1.807) is 0 Å². The molecule has 0 saturated carbocycles. The van der Waals surface area contributed by atoms with Crippen molar-refractivity contribution in [3.8, 4) is 0 Å². The maximum atomic E-state index is 11.7. The minimum atomic E-state index is -4.73. The van der Waals surface area contributed by atoms with Gasteiger partial charge in [0.2, 0.25) is 0 Å². The van der Waals surface area contributed by atoms with Crippen LogP contribution >= 0.6 is 7.82 Å². The summed E-state index contributed by atoms with van der Waals surface area (Å²) in [5, 5.41) is 22.4. The van der Waals surface area contributed by atoms with Crippen molar-refractivity contribution in [3.05, 3.63) is 0 Å². The van der Waals surface area contributed by atoms with Crippen LogP contribution in [0.5, 0.6) is 0 Å². The number of rotatable bonds is 4. The molecule has 12 nitrogen and oxygen atoms in total. The summed E-state index contributed by atoms with van der Waals surface area (Å²) in [6, 6.07) is -0.793. The zero-order valence-corrected chi connectivity index (χ0v) is 12.4. The van der Waals surface area contributed by atoms with Crippen LogP contribution in [0.3, 0.4) is 0 Å². The number of hydrogen-bond donors (Lipinski definition) is 5. The lowest BCUT2D eigenvalue weighted by Gasteiger charge is -2.31. The molecule has 1 fully saturated rings. The molecule has 0 aromatic heterocycles. The smallest absolute Gasteiger partial charge is 0.387 e. The normalized spacial score (nSPS) is 39.7. The number of nitrogens with zero attached hydrogens (tertiary/aromatic N) is 3. The molecular formula is C10H15N4O8P. The summed E-state index contributed by atoms with van der Waals surface area (Å²) in [6.07, 6.45) is -3.31. The molecule has 2 unspecified atom stereocenters. The monoisotopic (exact) mass is 350 g/mol. The number of ether oxygens (including phenoxy) is 1. The standard InChI is InChI=1S/C10H15N4O8P/c15-6-4(1-21-23(18,19)20)22-10(7(6)16)14-3-13-5-8(14)11-2-12-9(5)17/h2-8,10,15-16H,1H2,(H,11,12,17)(H2,18,19,20)/t4-,5?,6-,7-,8?,10-/m1/s1. The largest absolute Gasteiger partial charge is 0.469 e. The fourth-order valence-corrected chi connectivity index (χ4v) is 2.92. The maximum absolute atomic E-state index is 11.7. The first-order chi connectivity index (χ1) is 10.8. The fourth-order valence-electron chi connectivity index (χ4n) is 2.58. The van der Waals surface area contributed by atoms with Crippen molar-refractivity contribution in [3.63, 3.8) is 0 Å². The third-order valence-electron chi connectivity index (χ3n) is 3.69. The van der Waals surface area contributed by atoms with Crippen LogP contribution in [-0.4, -0.2) is 86.8 Å². The van der Waals surface area contributed by atoms with E-state index in [4.69, 9.17) is 14.5 Å². The second-order valence-corrected chi connectivity index (χ2v) is 6.43. The van der Waals surface area contributed by atoms with E-state index in [0.717, 1.165) is 0 Å². The Labute approximate surface area is 129 Å². The summed E-state index contributed by atoms with van der Waals surface area (Å²) < 4.78 is 20.4. The molecule has 3 aliphatic heterocycles. The van der Waals surface area contributed by atoms with Gasteiger partial charge in [-0.05, 0) is 0 Å². The SMILES string of the molecule is O=C1NC=NC2C1N=CN2[C@@H]1O[C@H](COP(=O)(O)O)[C@@H](O)[C@H]1O. The van der Waals surface area contributed by atoms with E-state index in [-0.39, 0.29) is 5.91 Å². The Morgan fingerprint density at radius 3 is 2.78 bits per heavy atom. The number of hydrogen-bond acceptors (Lipinski definition) is 9. The summed E-state index contributed by atoms with van der Waals surface area (Å²) >= 11 is 0. The number of nitrogens with one attached hydrogen (secondary N) is 1. The summed E-state index contributed by atoms with van der Waals surface area (Å²) in [5.41, 5.74) is 0. The molecule has 0 bridgehead atoms. The van der Waals surface area contributed by atoms with Crippen LogP contribution in [0.15, 0.2) is 9.98 Å². The number of aliphatic hydroxyl groups is 2. The Balaban J connectivity index is 1.70. The van der Waals surface area contributed by atoms with Gasteiger partial charge in [0.15, 0.2) is 18.4 Å². The van der Waals surface area contributed by atoms with Crippen molar-refractivity contribution >= 4 is 26.4 Å². The lowest BCUT2D eigenvalue weighted by Crippen LogP contribution is -2.53. The maximum Gasteiger partial charge on any atom is 0.469 e. The molecule has 13 heteroatoms. The molecule has 128 valence electrons. The van der Waals surface area contributed by atoms with Gasteiger partial charge in [-0.2, -0.15) is 0 Å². The van der Waals surface area contributed by atoms with Crippen LogP contribution in [0.2, 0.25) is 0 Å². The van der Waals surface area contributed by atoms with Crippen molar-refractivity contribution in [2.45, 2.75) is 36.7 Å². The van der Waals surface area contributed by atoms with Crippen molar-refractivity contribution in [1.29, 1.82) is 0 Å². The van der Waals surface area contributed by atoms with Crippen molar-refractivity contribution in [1.82, 2.24) is 10.2 Å². The highest BCUT2D eigenvalue weighted by Crippen LogP contribution is 2.37. The van der Waals surface area contributed by atoms with Crippen LogP contribution in [0, 0.1) is 0 Å². The average molecular weight is 350 g/mol. The van der Waals surface area contributed by atoms with E-state index in [1.165, 1.54) is 17.6 Å². The van der Waals surface area contributed by atoms with E-state index in [1.807, 2.05) is 0 Å². The number of aliphatic hydroxyl groups excluding tert-OH is 2. The Hall–Kier alpha value is -1.40. The third-order valence-corrected chi connectivity index (χ3v) is 4.17. The number of fused-ring (bicyclic) bond motifs is 1. The van der Waals surface area contributed by atoms with Crippen LogP contribution < -0.4 is 5.32 Å². The van der Waals surface area contributed by atoms with E-state index in [0.29, 0.717) is 0 Å². The van der Waals surface area contributed by atoms with Gasteiger partial charge in [0, 0.05) is 0 Å². The molecule has 23 heavy (non-hydrogen) atoms. The van der Waals surface area contributed by atoms with Gasteiger partial charge < -0.3 is 35.0 Å². The van der Waals surface area contributed by atoms with Gasteiger partial charge in [0.25, 0.3) is 5.91 Å². The van der Waals surface area contributed by atoms with Gasteiger partial charge in [-0.3, -0.25) is 14.3 Å². The van der Waals surface area contributed by atoms with Crippen LogP contribution in [0.4, 0.5) is 0 Å². The molecule has 0 spiro atoms. The molecule has 0 aromatic rings. The third kappa shape index (κ3) is 3.15. The Morgan fingerprint density at radius 2 is 2.09 bits per heavy atom. The average Bonchev–Trinajstić information content (AvgIpc) is 3.01. The zero-order valence-electron chi connectivity index (χ0n) is 11.5. The van der Waals surface area contributed by atoms with E-state index in [9.17, 15) is 19.6 Å². The molecule has 5 N–H and O–H groups in total. The second-order valence-electron chi connectivity index (χ2n) is 5.19. The lowest BCUT2D eigenvalue weighted by atomic mass is 10.1. The number of phosphoric acid groups is 1. The molecule has 3 aliphatic rings. The molecule has 1 amide bonds. The lowest BCUT2D eigenvalue weighted by molar-refractivity contribution is -0.124. The highest BCUT2D eigenvalue weighted by molar-refractivity contribution is 7.46. The Bertz CT molecular complexity index is 593.